The molecule has 0 radical (unpaired) electrons. The molecule has 0 heterocycles. The summed E-state index contributed by atoms with van der Waals surface area (Å²) in [7, 11) is 0. The lowest BCUT2D eigenvalue weighted by Crippen LogP contribution is -2.23. The molecule has 0 bridgehead atoms. The van der Waals surface area contributed by atoms with E-state index in [1.807, 2.05) is 37.3 Å². The number of rotatable bonds is 6. The molecule has 1 aromatic carbocycles. The van der Waals surface area contributed by atoms with Crippen LogP contribution in [0.15, 0.2) is 35.5 Å². The Bertz CT molecular complexity index is 470. The topological polar surface area (TPSA) is 47.9 Å². The van der Waals surface area contributed by atoms with Crippen LogP contribution in [0.5, 0.6) is 0 Å². The first-order valence-corrected chi connectivity index (χ1v) is 7.68. The second kappa shape index (κ2) is 8.45. The summed E-state index contributed by atoms with van der Waals surface area (Å²) in [4.78, 5) is 17.1. The Labute approximate surface area is 126 Å². The van der Waals surface area contributed by atoms with Gasteiger partial charge in [-0.2, -0.15) is 0 Å². The summed E-state index contributed by atoms with van der Waals surface area (Å²) in [6.07, 6.45) is 4.58. The first-order chi connectivity index (χ1) is 10.3. The molecule has 0 saturated heterocycles. The van der Waals surface area contributed by atoms with Crippen LogP contribution < -0.4 is 0 Å². The lowest BCUT2D eigenvalue weighted by molar-refractivity contribution is -0.143. The van der Waals surface area contributed by atoms with Gasteiger partial charge < -0.3 is 9.57 Å². The van der Waals surface area contributed by atoms with Crippen LogP contribution in [0.4, 0.5) is 0 Å². The Morgan fingerprint density at radius 1 is 1.29 bits per heavy atom. The number of oxime groups is 1. The highest BCUT2D eigenvalue weighted by Crippen LogP contribution is 2.25. The second-order valence-corrected chi connectivity index (χ2v) is 5.29. The SMILES string of the molecule is CCOC(=O)CC1CCCCC1=NOCc1ccccc1. The molecule has 4 nitrogen and oxygen atoms in total. The van der Waals surface area contributed by atoms with E-state index in [2.05, 4.69) is 5.16 Å². The van der Waals surface area contributed by atoms with Crippen LogP contribution in [0, 0.1) is 5.92 Å². The Morgan fingerprint density at radius 3 is 2.86 bits per heavy atom. The third-order valence-corrected chi connectivity index (χ3v) is 3.68. The maximum absolute atomic E-state index is 11.6. The van der Waals surface area contributed by atoms with Crippen LogP contribution in [-0.2, 0) is 21.0 Å². The van der Waals surface area contributed by atoms with E-state index in [-0.39, 0.29) is 11.9 Å². The van der Waals surface area contributed by atoms with Gasteiger partial charge in [-0.3, -0.25) is 4.79 Å². The molecule has 0 aromatic heterocycles. The van der Waals surface area contributed by atoms with Gasteiger partial charge in [-0.05, 0) is 31.7 Å². The predicted molar refractivity (Wildman–Crippen MR) is 81.9 cm³/mol. The summed E-state index contributed by atoms with van der Waals surface area (Å²) in [6, 6.07) is 9.96. The van der Waals surface area contributed by atoms with E-state index in [0.29, 0.717) is 19.6 Å². The van der Waals surface area contributed by atoms with Crippen molar-refractivity contribution in [2.75, 3.05) is 6.61 Å². The van der Waals surface area contributed by atoms with E-state index >= 15 is 0 Å². The maximum Gasteiger partial charge on any atom is 0.306 e. The molecular weight excluding hydrogens is 266 g/mol. The van der Waals surface area contributed by atoms with Gasteiger partial charge in [0.15, 0.2) is 0 Å². The minimum atomic E-state index is -0.139. The molecule has 1 saturated carbocycles. The molecule has 21 heavy (non-hydrogen) atoms. The molecule has 114 valence electrons. The van der Waals surface area contributed by atoms with E-state index in [0.717, 1.165) is 37.0 Å². The van der Waals surface area contributed by atoms with Gasteiger partial charge in [0.25, 0.3) is 0 Å². The largest absolute Gasteiger partial charge is 0.466 e. The van der Waals surface area contributed by atoms with Gasteiger partial charge in [0.05, 0.1) is 18.7 Å². The lowest BCUT2D eigenvalue weighted by atomic mass is 9.85. The third-order valence-electron chi connectivity index (χ3n) is 3.68. The number of benzene rings is 1. The summed E-state index contributed by atoms with van der Waals surface area (Å²) in [6.45, 7) is 2.73. The second-order valence-electron chi connectivity index (χ2n) is 5.29. The zero-order valence-corrected chi connectivity index (χ0v) is 12.6. The van der Waals surface area contributed by atoms with Gasteiger partial charge in [0, 0.05) is 5.92 Å². The highest BCUT2D eigenvalue weighted by molar-refractivity contribution is 5.90. The summed E-state index contributed by atoms with van der Waals surface area (Å²) in [5, 5.41) is 4.28. The van der Waals surface area contributed by atoms with Crippen molar-refractivity contribution in [3.8, 4) is 0 Å². The number of carbonyl (C=O) groups is 1. The van der Waals surface area contributed by atoms with E-state index in [1.165, 1.54) is 0 Å². The summed E-state index contributed by atoms with van der Waals surface area (Å²) in [5.41, 5.74) is 2.10. The molecule has 0 amide bonds. The van der Waals surface area contributed by atoms with Gasteiger partial charge >= 0.3 is 5.97 Å². The molecular formula is C17H23NO3. The van der Waals surface area contributed by atoms with Gasteiger partial charge in [0.1, 0.15) is 6.61 Å². The molecule has 1 fully saturated rings. The normalized spacial score (nSPS) is 20.2. The van der Waals surface area contributed by atoms with E-state index in [4.69, 9.17) is 9.57 Å². The van der Waals surface area contributed by atoms with Gasteiger partial charge in [0.2, 0.25) is 0 Å². The minimum Gasteiger partial charge on any atom is -0.466 e. The monoisotopic (exact) mass is 289 g/mol. The summed E-state index contributed by atoms with van der Waals surface area (Å²) >= 11 is 0. The minimum absolute atomic E-state index is 0.139. The number of ether oxygens (including phenoxy) is 1. The fourth-order valence-electron chi connectivity index (χ4n) is 2.59. The summed E-state index contributed by atoms with van der Waals surface area (Å²) < 4.78 is 5.03. The zero-order chi connectivity index (χ0) is 14.9. The van der Waals surface area contributed by atoms with Crippen molar-refractivity contribution in [3.05, 3.63) is 35.9 Å². The smallest absolute Gasteiger partial charge is 0.306 e. The van der Waals surface area contributed by atoms with Crippen LogP contribution in [0.3, 0.4) is 0 Å². The van der Waals surface area contributed by atoms with Crippen LogP contribution in [0.2, 0.25) is 0 Å². The number of hydrogen-bond acceptors (Lipinski definition) is 4. The quantitative estimate of drug-likeness (QED) is 0.592. The molecule has 0 aliphatic heterocycles. The molecule has 1 atom stereocenters. The van der Waals surface area contributed by atoms with E-state index < -0.39 is 0 Å². The molecule has 2 rings (SSSR count). The first kappa shape index (κ1) is 15.5. The van der Waals surface area contributed by atoms with Crippen LogP contribution in [-0.4, -0.2) is 18.3 Å². The molecule has 1 aromatic rings. The van der Waals surface area contributed by atoms with Crippen molar-refractivity contribution >= 4 is 11.7 Å². The van der Waals surface area contributed by atoms with E-state index in [9.17, 15) is 4.79 Å². The average molecular weight is 289 g/mol. The molecule has 4 heteroatoms. The number of hydrogen-bond donors (Lipinski definition) is 0. The van der Waals surface area contributed by atoms with Gasteiger partial charge in [-0.1, -0.05) is 41.9 Å². The van der Waals surface area contributed by atoms with Crippen LogP contribution in [0.1, 0.15) is 44.6 Å². The molecule has 0 spiro atoms. The third kappa shape index (κ3) is 5.21. The standard InChI is InChI=1S/C17H23NO3/c1-2-20-17(19)12-15-10-6-7-11-16(15)18-21-13-14-8-4-3-5-9-14/h3-5,8-9,15H,2,6-7,10-13H2,1H3. The first-order valence-electron chi connectivity index (χ1n) is 7.68. The molecule has 1 aliphatic carbocycles. The average Bonchev–Trinajstić information content (AvgIpc) is 2.50. The van der Waals surface area contributed by atoms with Crippen molar-refractivity contribution < 1.29 is 14.4 Å². The Hall–Kier alpha value is -1.84. The predicted octanol–water partition coefficient (Wildman–Crippen LogP) is 3.70. The fourth-order valence-corrected chi connectivity index (χ4v) is 2.59. The van der Waals surface area contributed by atoms with Crippen molar-refractivity contribution in [2.24, 2.45) is 11.1 Å². The van der Waals surface area contributed by atoms with Crippen molar-refractivity contribution in [2.45, 2.75) is 45.6 Å². The van der Waals surface area contributed by atoms with Crippen molar-refractivity contribution in [1.82, 2.24) is 0 Å². The Balaban J connectivity index is 1.88. The van der Waals surface area contributed by atoms with E-state index in [1.54, 1.807) is 0 Å². The van der Waals surface area contributed by atoms with Crippen LogP contribution >= 0.6 is 0 Å². The Morgan fingerprint density at radius 2 is 2.10 bits per heavy atom. The highest BCUT2D eigenvalue weighted by atomic mass is 16.6. The summed E-state index contributed by atoms with van der Waals surface area (Å²) in [5.74, 6) is 0.0359. The number of carbonyl (C=O) groups excluding carboxylic acids is 1. The molecule has 1 aliphatic rings. The number of nitrogens with zero attached hydrogens (tertiary/aromatic N) is 1. The fraction of sp³-hybridized carbons (Fsp3) is 0.529. The van der Waals surface area contributed by atoms with Crippen molar-refractivity contribution in [3.63, 3.8) is 0 Å². The zero-order valence-electron chi connectivity index (χ0n) is 12.6. The maximum atomic E-state index is 11.6. The van der Waals surface area contributed by atoms with Gasteiger partial charge in [-0.15, -0.1) is 0 Å². The molecule has 1 unspecified atom stereocenters. The lowest BCUT2D eigenvalue weighted by Gasteiger charge is -2.22. The van der Waals surface area contributed by atoms with Crippen LogP contribution in [0.25, 0.3) is 0 Å². The van der Waals surface area contributed by atoms with Crippen molar-refractivity contribution in [1.29, 1.82) is 0 Å². The molecule has 0 N–H and O–H groups in total. The highest BCUT2D eigenvalue weighted by Gasteiger charge is 2.24. The Kier molecular flexibility index (Phi) is 6.25. The van der Waals surface area contributed by atoms with Gasteiger partial charge in [-0.25, -0.2) is 0 Å². The number of esters is 1.